The highest BCUT2D eigenvalue weighted by Gasteiger charge is 2.14. The van der Waals surface area contributed by atoms with Crippen LogP contribution in [0.25, 0.3) is 0 Å². The number of anilines is 1. The second-order valence-corrected chi connectivity index (χ2v) is 4.35. The lowest BCUT2D eigenvalue weighted by molar-refractivity contribution is 0.274. The molecule has 0 saturated heterocycles. The highest BCUT2D eigenvalue weighted by atomic mass is 35.5. The molecule has 1 unspecified atom stereocenters. The number of nitrogens with one attached hydrogen (secondary N) is 1. The molecule has 94 valence electrons. The molecule has 0 heterocycles. The van der Waals surface area contributed by atoms with Gasteiger partial charge in [0.1, 0.15) is 5.82 Å². The SMILES string of the molecule is OCC(Nc1ccccc1)c1ccc(Cl)cc1F. The van der Waals surface area contributed by atoms with Gasteiger partial charge in [-0.1, -0.05) is 35.9 Å². The summed E-state index contributed by atoms with van der Waals surface area (Å²) in [5, 5.41) is 12.8. The van der Waals surface area contributed by atoms with E-state index in [-0.39, 0.29) is 6.61 Å². The Kier molecular flexibility index (Phi) is 4.18. The molecule has 0 bridgehead atoms. The number of para-hydroxylation sites is 1. The van der Waals surface area contributed by atoms with Crippen LogP contribution in [-0.4, -0.2) is 11.7 Å². The summed E-state index contributed by atoms with van der Waals surface area (Å²) < 4.78 is 13.8. The Morgan fingerprint density at radius 3 is 2.50 bits per heavy atom. The lowest BCUT2D eigenvalue weighted by Crippen LogP contribution is -2.16. The van der Waals surface area contributed by atoms with Crippen molar-refractivity contribution in [2.45, 2.75) is 6.04 Å². The van der Waals surface area contributed by atoms with E-state index in [9.17, 15) is 9.50 Å². The third kappa shape index (κ3) is 3.00. The maximum absolute atomic E-state index is 13.8. The molecule has 2 aromatic rings. The Bertz CT molecular complexity index is 518. The van der Waals surface area contributed by atoms with Gasteiger partial charge in [0.15, 0.2) is 0 Å². The first-order valence-electron chi connectivity index (χ1n) is 5.58. The second kappa shape index (κ2) is 5.85. The van der Waals surface area contributed by atoms with Gasteiger partial charge in [0, 0.05) is 16.3 Å². The van der Waals surface area contributed by atoms with E-state index in [4.69, 9.17) is 11.6 Å². The predicted octanol–water partition coefficient (Wildman–Crippen LogP) is 3.62. The summed E-state index contributed by atoms with van der Waals surface area (Å²) in [4.78, 5) is 0. The summed E-state index contributed by atoms with van der Waals surface area (Å²) in [7, 11) is 0. The zero-order valence-corrected chi connectivity index (χ0v) is 10.4. The van der Waals surface area contributed by atoms with Crippen LogP contribution in [0, 0.1) is 5.82 Å². The summed E-state index contributed by atoms with van der Waals surface area (Å²) in [6.07, 6.45) is 0. The van der Waals surface area contributed by atoms with Crippen LogP contribution in [0.15, 0.2) is 48.5 Å². The first-order chi connectivity index (χ1) is 8.70. The van der Waals surface area contributed by atoms with Crippen LogP contribution in [0.2, 0.25) is 5.02 Å². The standard InChI is InChI=1S/C14H13ClFNO/c15-10-6-7-12(13(16)8-10)14(9-18)17-11-4-2-1-3-5-11/h1-8,14,17-18H,9H2. The molecule has 0 aromatic heterocycles. The summed E-state index contributed by atoms with van der Waals surface area (Å²) in [5.74, 6) is -0.426. The fourth-order valence-corrected chi connectivity index (χ4v) is 1.90. The van der Waals surface area contributed by atoms with Crippen LogP contribution in [-0.2, 0) is 0 Å². The lowest BCUT2D eigenvalue weighted by Gasteiger charge is -2.18. The van der Waals surface area contributed by atoms with Crippen molar-refractivity contribution in [2.75, 3.05) is 11.9 Å². The number of benzene rings is 2. The van der Waals surface area contributed by atoms with Crippen molar-refractivity contribution in [3.63, 3.8) is 0 Å². The average Bonchev–Trinajstić information content (AvgIpc) is 2.38. The second-order valence-electron chi connectivity index (χ2n) is 3.91. The molecule has 2 rings (SSSR count). The molecule has 0 aliphatic carbocycles. The minimum atomic E-state index is -0.496. The molecule has 0 saturated carbocycles. The molecule has 0 radical (unpaired) electrons. The van der Waals surface area contributed by atoms with Gasteiger partial charge in [0.2, 0.25) is 0 Å². The van der Waals surface area contributed by atoms with Gasteiger partial charge in [-0.25, -0.2) is 4.39 Å². The molecular weight excluding hydrogens is 253 g/mol. The number of halogens is 2. The monoisotopic (exact) mass is 265 g/mol. The average molecular weight is 266 g/mol. The maximum Gasteiger partial charge on any atom is 0.130 e. The molecule has 4 heteroatoms. The van der Waals surface area contributed by atoms with E-state index in [2.05, 4.69) is 5.32 Å². The number of aliphatic hydroxyl groups is 1. The largest absolute Gasteiger partial charge is 0.394 e. The zero-order chi connectivity index (χ0) is 13.0. The number of hydrogen-bond donors (Lipinski definition) is 2. The first kappa shape index (κ1) is 12.9. The third-order valence-electron chi connectivity index (χ3n) is 2.64. The molecule has 0 fully saturated rings. The molecule has 0 spiro atoms. The Morgan fingerprint density at radius 2 is 1.89 bits per heavy atom. The predicted molar refractivity (Wildman–Crippen MR) is 71.3 cm³/mol. The van der Waals surface area contributed by atoms with Crippen LogP contribution in [0.4, 0.5) is 10.1 Å². The molecule has 0 aliphatic heterocycles. The Labute approximate surface area is 110 Å². The summed E-state index contributed by atoms with van der Waals surface area (Å²) in [6, 6.07) is 13.3. The number of rotatable bonds is 4. The number of aliphatic hydroxyl groups excluding tert-OH is 1. The molecule has 2 nitrogen and oxygen atoms in total. The van der Waals surface area contributed by atoms with Gasteiger partial charge < -0.3 is 10.4 Å². The van der Waals surface area contributed by atoms with E-state index < -0.39 is 11.9 Å². The minimum absolute atomic E-state index is 0.201. The molecule has 1 atom stereocenters. The van der Waals surface area contributed by atoms with Gasteiger partial charge in [-0.3, -0.25) is 0 Å². The Balaban J connectivity index is 2.23. The third-order valence-corrected chi connectivity index (χ3v) is 2.87. The normalized spacial score (nSPS) is 12.2. The van der Waals surface area contributed by atoms with Crippen LogP contribution < -0.4 is 5.32 Å². The Hall–Kier alpha value is -1.58. The lowest BCUT2D eigenvalue weighted by atomic mass is 10.1. The van der Waals surface area contributed by atoms with Gasteiger partial charge in [0.05, 0.1) is 12.6 Å². The van der Waals surface area contributed by atoms with Crippen LogP contribution in [0.3, 0.4) is 0 Å². The maximum atomic E-state index is 13.8. The molecule has 0 aliphatic rings. The summed E-state index contributed by atoms with van der Waals surface area (Å²) in [5.41, 5.74) is 1.22. The quantitative estimate of drug-likeness (QED) is 0.885. The van der Waals surface area contributed by atoms with Crippen molar-refractivity contribution in [2.24, 2.45) is 0 Å². The molecule has 2 N–H and O–H groups in total. The van der Waals surface area contributed by atoms with E-state index in [1.165, 1.54) is 6.07 Å². The summed E-state index contributed by atoms with van der Waals surface area (Å²) in [6.45, 7) is -0.201. The fourth-order valence-electron chi connectivity index (χ4n) is 1.74. The van der Waals surface area contributed by atoms with E-state index >= 15 is 0 Å². The summed E-state index contributed by atoms with van der Waals surface area (Å²) >= 11 is 5.70. The molecular formula is C14H13ClFNO. The minimum Gasteiger partial charge on any atom is -0.394 e. The van der Waals surface area contributed by atoms with Crippen LogP contribution in [0.1, 0.15) is 11.6 Å². The van der Waals surface area contributed by atoms with Crippen molar-refractivity contribution in [1.29, 1.82) is 0 Å². The van der Waals surface area contributed by atoms with Gasteiger partial charge in [-0.2, -0.15) is 0 Å². The zero-order valence-electron chi connectivity index (χ0n) is 9.61. The Morgan fingerprint density at radius 1 is 1.17 bits per heavy atom. The molecule has 2 aromatic carbocycles. The van der Waals surface area contributed by atoms with Crippen LogP contribution in [0.5, 0.6) is 0 Å². The van der Waals surface area contributed by atoms with Gasteiger partial charge in [-0.15, -0.1) is 0 Å². The van der Waals surface area contributed by atoms with E-state index in [1.807, 2.05) is 30.3 Å². The smallest absolute Gasteiger partial charge is 0.130 e. The molecule has 0 amide bonds. The van der Waals surface area contributed by atoms with E-state index in [1.54, 1.807) is 12.1 Å². The van der Waals surface area contributed by atoms with Gasteiger partial charge in [-0.05, 0) is 24.3 Å². The van der Waals surface area contributed by atoms with Crippen molar-refractivity contribution in [3.05, 3.63) is 64.9 Å². The number of hydrogen-bond acceptors (Lipinski definition) is 2. The van der Waals surface area contributed by atoms with E-state index in [0.717, 1.165) is 5.69 Å². The van der Waals surface area contributed by atoms with Gasteiger partial charge in [0.25, 0.3) is 0 Å². The first-order valence-corrected chi connectivity index (χ1v) is 5.96. The van der Waals surface area contributed by atoms with Crippen LogP contribution >= 0.6 is 11.6 Å². The highest BCUT2D eigenvalue weighted by Crippen LogP contribution is 2.24. The fraction of sp³-hybridized carbons (Fsp3) is 0.143. The van der Waals surface area contributed by atoms with E-state index in [0.29, 0.717) is 10.6 Å². The van der Waals surface area contributed by atoms with Crippen molar-refractivity contribution >= 4 is 17.3 Å². The van der Waals surface area contributed by atoms with Crippen molar-refractivity contribution in [1.82, 2.24) is 0 Å². The van der Waals surface area contributed by atoms with Crippen molar-refractivity contribution < 1.29 is 9.50 Å². The molecule has 18 heavy (non-hydrogen) atoms. The topological polar surface area (TPSA) is 32.3 Å². The van der Waals surface area contributed by atoms with Gasteiger partial charge >= 0.3 is 0 Å². The van der Waals surface area contributed by atoms with Crippen molar-refractivity contribution in [3.8, 4) is 0 Å². The highest BCUT2D eigenvalue weighted by molar-refractivity contribution is 6.30.